The van der Waals surface area contributed by atoms with E-state index in [1.165, 1.54) is 0 Å². The summed E-state index contributed by atoms with van der Waals surface area (Å²) in [7, 11) is 4.83. The Morgan fingerprint density at radius 3 is 2.15 bits per heavy atom. The lowest BCUT2D eigenvalue weighted by Gasteiger charge is -2.35. The highest BCUT2D eigenvalue weighted by atomic mass is 35.5. The number of amides is 1. The highest BCUT2D eigenvalue weighted by molar-refractivity contribution is 5.97. The molecule has 33 heavy (non-hydrogen) atoms. The maximum absolute atomic E-state index is 13.0. The van der Waals surface area contributed by atoms with Gasteiger partial charge in [0.1, 0.15) is 0 Å². The third-order valence-electron chi connectivity index (χ3n) is 5.63. The minimum Gasteiger partial charge on any atom is -0.493 e. The van der Waals surface area contributed by atoms with E-state index in [0.29, 0.717) is 35.9 Å². The van der Waals surface area contributed by atoms with E-state index >= 15 is 0 Å². The Bertz CT molecular complexity index is 1060. The fourth-order valence-electron chi connectivity index (χ4n) is 3.96. The number of hydrogen-bond acceptors (Lipinski definition) is 6. The van der Waals surface area contributed by atoms with Gasteiger partial charge >= 0.3 is 0 Å². The fraction of sp³-hybridized carbons (Fsp3) is 0.333. The average molecular weight is 494 g/mol. The van der Waals surface area contributed by atoms with Crippen LogP contribution >= 0.6 is 24.8 Å². The summed E-state index contributed by atoms with van der Waals surface area (Å²) in [6, 6.07) is 13.7. The third-order valence-corrected chi connectivity index (χ3v) is 5.63. The normalized spacial score (nSPS) is 13.6. The van der Waals surface area contributed by atoms with Gasteiger partial charge < -0.3 is 19.1 Å². The molecule has 0 unspecified atom stereocenters. The van der Waals surface area contributed by atoms with E-state index in [-0.39, 0.29) is 30.7 Å². The highest BCUT2D eigenvalue weighted by Gasteiger charge is 2.23. The maximum atomic E-state index is 13.0. The molecule has 4 rings (SSSR count). The second kappa shape index (κ2) is 11.9. The molecule has 0 aliphatic carbocycles. The Morgan fingerprint density at radius 2 is 1.55 bits per heavy atom. The third kappa shape index (κ3) is 5.79. The van der Waals surface area contributed by atoms with Gasteiger partial charge in [0.15, 0.2) is 11.5 Å². The molecule has 2 heterocycles. The number of halogens is 2. The van der Waals surface area contributed by atoms with Gasteiger partial charge in [-0.05, 0) is 29.8 Å². The van der Waals surface area contributed by atoms with Gasteiger partial charge in [0, 0.05) is 44.3 Å². The number of methoxy groups -OCH3 is 3. The van der Waals surface area contributed by atoms with Crippen molar-refractivity contribution >= 4 is 41.6 Å². The minimum atomic E-state index is 0. The van der Waals surface area contributed by atoms with Gasteiger partial charge in [0.25, 0.3) is 5.91 Å². The molecule has 1 aliphatic rings. The van der Waals surface area contributed by atoms with Crippen molar-refractivity contribution in [1.82, 2.24) is 14.8 Å². The zero-order valence-corrected chi connectivity index (χ0v) is 20.6. The number of benzene rings is 2. The van der Waals surface area contributed by atoms with E-state index in [9.17, 15) is 4.79 Å². The molecule has 1 fully saturated rings. The summed E-state index contributed by atoms with van der Waals surface area (Å²) in [6.07, 6.45) is 1.67. The molecular formula is C24H29Cl2N3O4. The number of piperazine rings is 1. The smallest absolute Gasteiger partial charge is 0.255 e. The summed E-state index contributed by atoms with van der Waals surface area (Å²) < 4.78 is 16.3. The highest BCUT2D eigenvalue weighted by Crippen LogP contribution is 2.38. The van der Waals surface area contributed by atoms with Crippen LogP contribution in [0, 0.1) is 0 Å². The van der Waals surface area contributed by atoms with E-state index < -0.39 is 0 Å². The number of rotatable bonds is 6. The number of pyridine rings is 1. The van der Waals surface area contributed by atoms with E-state index in [0.717, 1.165) is 36.1 Å². The standard InChI is InChI=1S/C24H27N3O4.2ClH/c1-29-21-12-17(13-22(30-2)23(21)31-3)16-26-8-10-27(11-9-26)24(28)19-14-18-6-4-5-7-20(18)25-15-19;;/h4-7,12-15H,8-11,16H2,1-3H3;2*1H. The molecule has 9 heteroatoms. The second-order valence-electron chi connectivity index (χ2n) is 7.52. The lowest BCUT2D eigenvalue weighted by atomic mass is 10.1. The zero-order valence-electron chi connectivity index (χ0n) is 18.9. The molecule has 1 aliphatic heterocycles. The van der Waals surface area contributed by atoms with Crippen molar-refractivity contribution in [3.05, 3.63) is 59.8 Å². The summed E-state index contributed by atoms with van der Waals surface area (Å²) in [5.41, 5.74) is 2.61. The number of hydrogen-bond donors (Lipinski definition) is 0. The molecule has 1 aromatic heterocycles. The van der Waals surface area contributed by atoms with Crippen LogP contribution in [0.1, 0.15) is 15.9 Å². The van der Waals surface area contributed by atoms with Crippen molar-refractivity contribution < 1.29 is 19.0 Å². The van der Waals surface area contributed by atoms with Crippen molar-refractivity contribution in [2.45, 2.75) is 6.54 Å². The predicted molar refractivity (Wildman–Crippen MR) is 134 cm³/mol. The zero-order chi connectivity index (χ0) is 21.8. The monoisotopic (exact) mass is 493 g/mol. The number of para-hydroxylation sites is 1. The Labute approximate surface area is 206 Å². The first-order chi connectivity index (χ1) is 15.1. The van der Waals surface area contributed by atoms with Gasteiger partial charge in [-0.1, -0.05) is 18.2 Å². The van der Waals surface area contributed by atoms with Crippen LogP contribution in [0.25, 0.3) is 10.9 Å². The molecule has 1 saturated heterocycles. The van der Waals surface area contributed by atoms with Crippen LogP contribution < -0.4 is 14.2 Å². The fourth-order valence-corrected chi connectivity index (χ4v) is 3.96. The summed E-state index contributed by atoms with van der Waals surface area (Å²) >= 11 is 0. The van der Waals surface area contributed by atoms with Crippen molar-refractivity contribution in [3.63, 3.8) is 0 Å². The first kappa shape index (κ1) is 26.5. The SMILES string of the molecule is COc1cc(CN2CCN(C(=O)c3cnc4ccccc4c3)CC2)cc(OC)c1OC.Cl.Cl. The van der Waals surface area contributed by atoms with Crippen molar-refractivity contribution in [2.24, 2.45) is 0 Å². The van der Waals surface area contributed by atoms with Crippen LogP contribution in [0.15, 0.2) is 48.7 Å². The quantitative estimate of drug-likeness (QED) is 0.515. The lowest BCUT2D eigenvalue weighted by molar-refractivity contribution is 0.0628. The first-order valence-corrected chi connectivity index (χ1v) is 10.3. The van der Waals surface area contributed by atoms with Gasteiger partial charge in [0.05, 0.1) is 32.4 Å². The Hall–Kier alpha value is -2.74. The van der Waals surface area contributed by atoms with E-state index in [1.807, 2.05) is 47.4 Å². The Kier molecular flexibility index (Phi) is 9.58. The van der Waals surface area contributed by atoms with Crippen molar-refractivity contribution in [1.29, 1.82) is 0 Å². The van der Waals surface area contributed by atoms with Crippen LogP contribution in [0.4, 0.5) is 0 Å². The van der Waals surface area contributed by atoms with Gasteiger partial charge in [-0.2, -0.15) is 0 Å². The van der Waals surface area contributed by atoms with E-state index in [2.05, 4.69) is 9.88 Å². The van der Waals surface area contributed by atoms with Crippen molar-refractivity contribution in [2.75, 3.05) is 47.5 Å². The summed E-state index contributed by atoms with van der Waals surface area (Å²) in [5, 5.41) is 0.981. The van der Waals surface area contributed by atoms with Crippen LogP contribution in [-0.4, -0.2) is 68.2 Å². The van der Waals surface area contributed by atoms with E-state index in [1.54, 1.807) is 27.5 Å². The largest absolute Gasteiger partial charge is 0.493 e. The number of nitrogens with zero attached hydrogens (tertiary/aromatic N) is 3. The van der Waals surface area contributed by atoms with Crippen LogP contribution in [0.3, 0.4) is 0 Å². The van der Waals surface area contributed by atoms with Gasteiger partial charge in [-0.25, -0.2) is 0 Å². The molecule has 0 bridgehead atoms. The summed E-state index contributed by atoms with van der Waals surface area (Å²) in [6.45, 7) is 3.69. The summed E-state index contributed by atoms with van der Waals surface area (Å²) in [4.78, 5) is 21.6. The number of aromatic nitrogens is 1. The number of carbonyl (C=O) groups excluding carboxylic acids is 1. The minimum absolute atomic E-state index is 0. The average Bonchev–Trinajstić information content (AvgIpc) is 2.83. The molecular weight excluding hydrogens is 465 g/mol. The molecule has 3 aromatic rings. The topological polar surface area (TPSA) is 64.1 Å². The molecule has 178 valence electrons. The Balaban J connectivity index is 0.00000193. The second-order valence-corrected chi connectivity index (χ2v) is 7.52. The molecule has 0 spiro atoms. The van der Waals surface area contributed by atoms with Crippen LogP contribution in [-0.2, 0) is 6.54 Å². The molecule has 0 atom stereocenters. The molecule has 0 radical (unpaired) electrons. The Morgan fingerprint density at radius 1 is 0.909 bits per heavy atom. The van der Waals surface area contributed by atoms with Crippen molar-refractivity contribution in [3.8, 4) is 17.2 Å². The summed E-state index contributed by atoms with van der Waals surface area (Å²) in [5.74, 6) is 1.92. The molecule has 7 nitrogen and oxygen atoms in total. The van der Waals surface area contributed by atoms with Gasteiger partial charge in [-0.3, -0.25) is 14.7 Å². The maximum Gasteiger partial charge on any atom is 0.255 e. The number of fused-ring (bicyclic) bond motifs is 1. The van der Waals surface area contributed by atoms with Crippen LogP contribution in [0.5, 0.6) is 17.2 Å². The lowest BCUT2D eigenvalue weighted by Crippen LogP contribution is -2.48. The van der Waals surface area contributed by atoms with Crippen LogP contribution in [0.2, 0.25) is 0 Å². The predicted octanol–water partition coefficient (Wildman–Crippen LogP) is 4.06. The molecule has 0 N–H and O–H groups in total. The molecule has 0 saturated carbocycles. The first-order valence-electron chi connectivity index (χ1n) is 10.3. The molecule has 1 amide bonds. The van der Waals surface area contributed by atoms with Gasteiger partial charge in [-0.15, -0.1) is 24.8 Å². The number of carbonyl (C=O) groups is 1. The van der Waals surface area contributed by atoms with E-state index in [4.69, 9.17) is 14.2 Å². The van der Waals surface area contributed by atoms with Gasteiger partial charge in [0.2, 0.25) is 5.75 Å². The molecule has 2 aromatic carbocycles. The number of ether oxygens (including phenoxy) is 3.